The Hall–Kier alpha value is -2.92. The fraction of sp³-hybridized carbons (Fsp3) is 0.746. The first-order chi connectivity index (χ1) is 33.6. The van der Waals surface area contributed by atoms with E-state index in [2.05, 4.69) is 106 Å². The summed E-state index contributed by atoms with van der Waals surface area (Å²) in [5, 5.41) is 0. The van der Waals surface area contributed by atoms with Gasteiger partial charge < -0.3 is 14.2 Å². The molecule has 0 heterocycles. The number of hydrogen-bond acceptors (Lipinski definition) is 5. The molecule has 0 aliphatic rings. The second-order valence-electron chi connectivity index (χ2n) is 19.2. The zero-order valence-electron chi connectivity index (χ0n) is 45.1. The number of carbonyl (C=O) groups is 2. The van der Waals surface area contributed by atoms with Gasteiger partial charge in [-0.05, 0) is 96.3 Å². The summed E-state index contributed by atoms with van der Waals surface area (Å²) >= 11 is 0. The van der Waals surface area contributed by atoms with Gasteiger partial charge in [0.1, 0.15) is 6.61 Å². The first-order valence-corrected chi connectivity index (χ1v) is 29.1. The van der Waals surface area contributed by atoms with Crippen LogP contribution in [0, 0.1) is 0 Å². The number of rotatable bonds is 53. The van der Waals surface area contributed by atoms with Gasteiger partial charge in [0.05, 0.1) is 6.61 Å². The topological polar surface area (TPSA) is 61.8 Å². The van der Waals surface area contributed by atoms with Crippen molar-refractivity contribution in [1.29, 1.82) is 0 Å². The van der Waals surface area contributed by atoms with Gasteiger partial charge in [-0.2, -0.15) is 0 Å². The predicted molar refractivity (Wildman–Crippen MR) is 297 cm³/mol. The van der Waals surface area contributed by atoms with Crippen LogP contribution in [0.4, 0.5) is 0 Å². The minimum atomic E-state index is -0.563. The molecule has 0 fully saturated rings. The third kappa shape index (κ3) is 55.7. The molecule has 392 valence electrons. The summed E-state index contributed by atoms with van der Waals surface area (Å²) in [7, 11) is 0. The summed E-state index contributed by atoms with van der Waals surface area (Å²) in [6, 6.07) is 0. The number of allylic oxidation sites excluding steroid dienone is 14. The fourth-order valence-corrected chi connectivity index (χ4v) is 8.10. The molecule has 0 spiro atoms. The summed E-state index contributed by atoms with van der Waals surface area (Å²) in [5.41, 5.74) is 0. The van der Waals surface area contributed by atoms with Gasteiger partial charge in [0.2, 0.25) is 0 Å². The minimum Gasteiger partial charge on any atom is -0.462 e. The summed E-state index contributed by atoms with van der Waals surface area (Å²) < 4.78 is 17.4. The summed E-state index contributed by atoms with van der Waals surface area (Å²) in [6.07, 6.45) is 77.5. The molecule has 0 aromatic carbocycles. The van der Waals surface area contributed by atoms with E-state index >= 15 is 0 Å². The van der Waals surface area contributed by atoms with Crippen LogP contribution < -0.4 is 0 Å². The maximum atomic E-state index is 12.9. The number of carbonyl (C=O) groups excluding carboxylic acids is 2. The average molecular weight is 948 g/mol. The van der Waals surface area contributed by atoms with E-state index in [4.69, 9.17) is 14.2 Å². The summed E-state index contributed by atoms with van der Waals surface area (Å²) in [6.45, 7) is 7.62. The Labute approximate surface area is 422 Å². The van der Waals surface area contributed by atoms with E-state index in [0.29, 0.717) is 19.4 Å². The van der Waals surface area contributed by atoms with Gasteiger partial charge in [0.25, 0.3) is 0 Å². The molecule has 0 radical (unpaired) electrons. The first kappa shape index (κ1) is 65.1. The van der Waals surface area contributed by atoms with Crippen molar-refractivity contribution in [3.8, 4) is 0 Å². The van der Waals surface area contributed by atoms with E-state index in [-0.39, 0.29) is 25.2 Å². The Kier molecular flexibility index (Phi) is 55.9. The molecule has 0 N–H and O–H groups in total. The normalized spacial score (nSPS) is 12.8. The van der Waals surface area contributed by atoms with Crippen molar-refractivity contribution < 1.29 is 23.8 Å². The molecule has 0 aromatic rings. The van der Waals surface area contributed by atoms with Crippen LogP contribution in [0.5, 0.6) is 0 Å². The molecule has 1 unspecified atom stereocenters. The van der Waals surface area contributed by atoms with Crippen molar-refractivity contribution >= 4 is 11.9 Å². The van der Waals surface area contributed by atoms with Crippen LogP contribution in [0.15, 0.2) is 85.1 Å². The van der Waals surface area contributed by atoms with Gasteiger partial charge in [-0.1, -0.05) is 254 Å². The van der Waals surface area contributed by atoms with Crippen LogP contribution in [0.1, 0.15) is 278 Å². The van der Waals surface area contributed by atoms with Gasteiger partial charge in [0, 0.05) is 19.4 Å². The Morgan fingerprint density at radius 2 is 0.662 bits per heavy atom. The van der Waals surface area contributed by atoms with E-state index in [1.165, 1.54) is 154 Å². The lowest BCUT2D eigenvalue weighted by Crippen LogP contribution is -2.30. The van der Waals surface area contributed by atoms with E-state index < -0.39 is 6.10 Å². The summed E-state index contributed by atoms with van der Waals surface area (Å²) in [4.78, 5) is 25.5. The monoisotopic (exact) mass is 947 g/mol. The zero-order chi connectivity index (χ0) is 49.2. The van der Waals surface area contributed by atoms with Crippen LogP contribution in [-0.4, -0.2) is 37.9 Å². The van der Waals surface area contributed by atoms with Crippen LogP contribution in [0.25, 0.3) is 0 Å². The molecule has 0 rings (SSSR count). The lowest BCUT2D eigenvalue weighted by Gasteiger charge is -2.18. The number of esters is 2. The molecule has 0 saturated carbocycles. The minimum absolute atomic E-state index is 0.0649. The Bertz CT molecular complexity index is 1250. The molecule has 1 atom stereocenters. The highest BCUT2D eigenvalue weighted by Crippen LogP contribution is 2.16. The molecule has 0 amide bonds. The van der Waals surface area contributed by atoms with Gasteiger partial charge in [0.15, 0.2) is 6.10 Å². The smallest absolute Gasteiger partial charge is 0.306 e. The van der Waals surface area contributed by atoms with Crippen LogP contribution in [-0.2, 0) is 23.8 Å². The number of hydrogen-bond donors (Lipinski definition) is 0. The second kappa shape index (κ2) is 58.4. The molecule has 5 heteroatoms. The second-order valence-corrected chi connectivity index (χ2v) is 19.2. The Morgan fingerprint density at radius 1 is 0.338 bits per heavy atom. The van der Waals surface area contributed by atoms with Gasteiger partial charge >= 0.3 is 11.9 Å². The summed E-state index contributed by atoms with van der Waals surface area (Å²) in [5.74, 6) is -0.418. The third-order valence-corrected chi connectivity index (χ3v) is 12.4. The highest BCUT2D eigenvalue weighted by atomic mass is 16.6. The SMILES string of the molecule is CC/C=C\C/C=C\C/C=C\C/C=C\C/C=C\CCCCOCC(COC(=O)CCCCCCCCCCC/C=C\C/C=C\CCCCC)OC(=O)CCCCCCCCCCCCCCCCC. The lowest BCUT2D eigenvalue weighted by atomic mass is 10.0. The maximum absolute atomic E-state index is 12.9. The van der Waals surface area contributed by atoms with Crippen molar-refractivity contribution in [3.63, 3.8) is 0 Å². The molecular weight excluding hydrogens is 837 g/mol. The highest BCUT2D eigenvalue weighted by molar-refractivity contribution is 5.70. The molecule has 0 aliphatic heterocycles. The standard InChI is InChI=1S/C63H110O5/c1-4-7-10-13-16-19-22-25-28-30-32-33-36-38-41-44-47-50-53-56-62(64)67-60-61(68-63(65)57-54-51-48-45-42-39-35-27-24-21-18-15-12-9-6-3)59-66-58-55-52-49-46-43-40-37-34-31-29-26-23-20-17-14-11-8-5-2/h8,11,16-17,19-20,25-26,28-29,34,37,43,46,61H,4-7,9-10,12-15,18,21-24,27,30-33,35-36,38-42,44-45,47-60H2,1-3H3/b11-8-,19-16-,20-17-,28-25-,29-26-,37-34-,46-43-. The molecule has 0 bridgehead atoms. The zero-order valence-corrected chi connectivity index (χ0v) is 45.1. The van der Waals surface area contributed by atoms with E-state index in [0.717, 1.165) is 89.9 Å². The molecule has 0 aliphatic carbocycles. The van der Waals surface area contributed by atoms with Crippen LogP contribution in [0.2, 0.25) is 0 Å². The molecule has 0 saturated heterocycles. The van der Waals surface area contributed by atoms with Crippen LogP contribution in [0.3, 0.4) is 0 Å². The predicted octanol–water partition coefficient (Wildman–Crippen LogP) is 20.0. The Balaban J connectivity index is 4.34. The highest BCUT2D eigenvalue weighted by Gasteiger charge is 2.17. The largest absolute Gasteiger partial charge is 0.462 e. The van der Waals surface area contributed by atoms with Crippen molar-refractivity contribution in [2.24, 2.45) is 0 Å². The number of unbranched alkanes of at least 4 members (excludes halogenated alkanes) is 28. The van der Waals surface area contributed by atoms with Crippen molar-refractivity contribution in [1.82, 2.24) is 0 Å². The molecule has 0 aromatic heterocycles. The third-order valence-electron chi connectivity index (χ3n) is 12.4. The van der Waals surface area contributed by atoms with Crippen molar-refractivity contribution in [2.45, 2.75) is 284 Å². The van der Waals surface area contributed by atoms with Crippen LogP contribution >= 0.6 is 0 Å². The average Bonchev–Trinajstić information content (AvgIpc) is 3.34. The molecule has 5 nitrogen and oxygen atoms in total. The van der Waals surface area contributed by atoms with E-state index in [1.807, 2.05) is 0 Å². The van der Waals surface area contributed by atoms with Crippen molar-refractivity contribution in [3.05, 3.63) is 85.1 Å². The van der Waals surface area contributed by atoms with E-state index in [1.54, 1.807) is 0 Å². The van der Waals surface area contributed by atoms with Gasteiger partial charge in [-0.15, -0.1) is 0 Å². The Morgan fingerprint density at radius 3 is 1.09 bits per heavy atom. The first-order valence-electron chi connectivity index (χ1n) is 29.1. The quantitative estimate of drug-likeness (QED) is 0.0345. The maximum Gasteiger partial charge on any atom is 0.306 e. The van der Waals surface area contributed by atoms with Gasteiger partial charge in [-0.3, -0.25) is 9.59 Å². The fourth-order valence-electron chi connectivity index (χ4n) is 8.10. The lowest BCUT2D eigenvalue weighted by molar-refractivity contribution is -0.163. The van der Waals surface area contributed by atoms with Crippen molar-refractivity contribution in [2.75, 3.05) is 19.8 Å². The molecular formula is C63H110O5. The number of ether oxygens (including phenoxy) is 3. The molecule has 68 heavy (non-hydrogen) atoms. The van der Waals surface area contributed by atoms with E-state index in [9.17, 15) is 9.59 Å². The van der Waals surface area contributed by atoms with Gasteiger partial charge in [-0.25, -0.2) is 0 Å².